The number of carbonyl (C=O) groups is 1. The Balaban J connectivity index is 1.35. The molecular formula is C20H24N6O2. The average molecular weight is 380 g/mol. The SMILES string of the molecule is O=C(CC1CC1)Nc1cn[nH]c1-c1nc2ccc(CN3CCOCC3)cc2[nH]1. The van der Waals surface area contributed by atoms with Crippen molar-refractivity contribution in [3.8, 4) is 11.5 Å². The van der Waals surface area contributed by atoms with Crippen LogP contribution < -0.4 is 5.32 Å². The van der Waals surface area contributed by atoms with E-state index in [1.807, 2.05) is 6.07 Å². The van der Waals surface area contributed by atoms with Crippen molar-refractivity contribution in [2.24, 2.45) is 5.92 Å². The summed E-state index contributed by atoms with van der Waals surface area (Å²) >= 11 is 0. The van der Waals surface area contributed by atoms with Gasteiger partial charge in [-0.2, -0.15) is 5.10 Å². The van der Waals surface area contributed by atoms with Gasteiger partial charge >= 0.3 is 0 Å². The summed E-state index contributed by atoms with van der Waals surface area (Å²) in [4.78, 5) is 22.6. The predicted molar refractivity (Wildman–Crippen MR) is 106 cm³/mol. The van der Waals surface area contributed by atoms with Gasteiger partial charge in [0.1, 0.15) is 5.69 Å². The van der Waals surface area contributed by atoms with Crippen LogP contribution in [0.1, 0.15) is 24.8 Å². The largest absolute Gasteiger partial charge is 0.379 e. The van der Waals surface area contributed by atoms with Gasteiger partial charge in [0.05, 0.1) is 36.1 Å². The number of H-pyrrole nitrogens is 2. The Hall–Kier alpha value is -2.71. The van der Waals surface area contributed by atoms with Crippen LogP contribution in [0.5, 0.6) is 0 Å². The van der Waals surface area contributed by atoms with Crippen molar-refractivity contribution in [2.75, 3.05) is 31.6 Å². The van der Waals surface area contributed by atoms with Crippen LogP contribution in [-0.4, -0.2) is 57.3 Å². The van der Waals surface area contributed by atoms with Crippen LogP contribution in [0.2, 0.25) is 0 Å². The molecule has 28 heavy (non-hydrogen) atoms. The lowest BCUT2D eigenvalue weighted by atomic mass is 10.2. The van der Waals surface area contributed by atoms with Crippen LogP contribution >= 0.6 is 0 Å². The maximum Gasteiger partial charge on any atom is 0.224 e. The summed E-state index contributed by atoms with van der Waals surface area (Å²) in [5.41, 5.74) is 4.48. The highest BCUT2D eigenvalue weighted by Gasteiger charge is 2.25. The molecule has 5 rings (SSSR count). The van der Waals surface area contributed by atoms with Gasteiger partial charge in [0.2, 0.25) is 5.91 Å². The standard InChI is InChI=1S/C20H24N6O2/c27-18(10-13-1-2-13)22-17-11-21-25-19(17)20-23-15-4-3-14(9-16(15)24-20)12-26-5-7-28-8-6-26/h3-4,9,11,13H,1-2,5-8,10,12H2,(H,21,25)(H,22,27)(H,23,24). The van der Waals surface area contributed by atoms with Gasteiger partial charge in [-0.25, -0.2) is 4.98 Å². The molecule has 8 heteroatoms. The minimum Gasteiger partial charge on any atom is -0.379 e. The zero-order valence-electron chi connectivity index (χ0n) is 15.7. The van der Waals surface area contributed by atoms with Crippen molar-refractivity contribution in [1.29, 1.82) is 0 Å². The summed E-state index contributed by atoms with van der Waals surface area (Å²) in [6, 6.07) is 6.30. The Morgan fingerprint density at radius 1 is 1.29 bits per heavy atom. The molecule has 1 aromatic carbocycles. The summed E-state index contributed by atoms with van der Waals surface area (Å²) in [6.07, 6.45) is 4.52. The number of ether oxygens (including phenoxy) is 1. The maximum atomic E-state index is 12.2. The molecule has 1 saturated carbocycles. The first-order valence-electron chi connectivity index (χ1n) is 9.87. The Kier molecular flexibility index (Phi) is 4.58. The summed E-state index contributed by atoms with van der Waals surface area (Å²) in [7, 11) is 0. The predicted octanol–water partition coefficient (Wildman–Crippen LogP) is 2.52. The highest BCUT2D eigenvalue weighted by atomic mass is 16.5. The fraction of sp³-hybridized carbons (Fsp3) is 0.450. The van der Waals surface area contributed by atoms with Crippen LogP contribution in [0, 0.1) is 5.92 Å². The molecular weight excluding hydrogens is 356 g/mol. The van der Waals surface area contributed by atoms with E-state index in [-0.39, 0.29) is 5.91 Å². The van der Waals surface area contributed by atoms with E-state index in [1.165, 1.54) is 5.56 Å². The number of amides is 1. The zero-order chi connectivity index (χ0) is 18.9. The number of anilines is 1. The van der Waals surface area contributed by atoms with E-state index in [9.17, 15) is 4.79 Å². The molecule has 1 aliphatic carbocycles. The monoisotopic (exact) mass is 380 g/mol. The number of hydrogen-bond acceptors (Lipinski definition) is 5. The van der Waals surface area contributed by atoms with Gasteiger partial charge in [0.25, 0.3) is 0 Å². The molecule has 3 aromatic rings. The quantitative estimate of drug-likeness (QED) is 0.610. The summed E-state index contributed by atoms with van der Waals surface area (Å²) in [6.45, 7) is 4.42. The first kappa shape index (κ1) is 17.4. The number of nitrogens with zero attached hydrogens (tertiary/aromatic N) is 3. The van der Waals surface area contributed by atoms with Crippen molar-refractivity contribution in [1.82, 2.24) is 25.1 Å². The second-order valence-electron chi connectivity index (χ2n) is 7.68. The number of rotatable bonds is 6. The molecule has 146 valence electrons. The van der Waals surface area contributed by atoms with Crippen molar-refractivity contribution in [2.45, 2.75) is 25.8 Å². The molecule has 0 atom stereocenters. The summed E-state index contributed by atoms with van der Waals surface area (Å²) < 4.78 is 5.42. The van der Waals surface area contributed by atoms with Crippen LogP contribution in [0.3, 0.4) is 0 Å². The second-order valence-corrected chi connectivity index (χ2v) is 7.68. The third-order valence-corrected chi connectivity index (χ3v) is 5.38. The van der Waals surface area contributed by atoms with Crippen molar-refractivity contribution >= 4 is 22.6 Å². The minimum atomic E-state index is 0.0362. The summed E-state index contributed by atoms with van der Waals surface area (Å²) in [5, 5.41) is 10.0. The molecule has 2 aliphatic rings. The number of carbonyl (C=O) groups excluding carboxylic acids is 1. The van der Waals surface area contributed by atoms with Crippen molar-refractivity contribution < 1.29 is 9.53 Å². The molecule has 0 radical (unpaired) electrons. The van der Waals surface area contributed by atoms with Gasteiger partial charge < -0.3 is 15.0 Å². The van der Waals surface area contributed by atoms with E-state index in [1.54, 1.807) is 6.20 Å². The van der Waals surface area contributed by atoms with Gasteiger partial charge in [-0.05, 0) is 36.5 Å². The maximum absolute atomic E-state index is 12.2. The van der Waals surface area contributed by atoms with Gasteiger partial charge in [-0.1, -0.05) is 6.07 Å². The molecule has 1 aliphatic heterocycles. The van der Waals surface area contributed by atoms with Gasteiger partial charge in [-0.15, -0.1) is 0 Å². The lowest BCUT2D eigenvalue weighted by molar-refractivity contribution is -0.116. The third kappa shape index (κ3) is 3.79. The van der Waals surface area contributed by atoms with Crippen molar-refractivity contribution in [3.63, 3.8) is 0 Å². The number of benzene rings is 1. The molecule has 2 aromatic heterocycles. The number of imidazole rings is 1. The van der Waals surface area contributed by atoms with Crippen molar-refractivity contribution in [3.05, 3.63) is 30.0 Å². The number of aromatic nitrogens is 4. The Labute approximate surface area is 162 Å². The van der Waals surface area contributed by atoms with E-state index < -0.39 is 0 Å². The molecule has 1 amide bonds. The number of nitrogens with one attached hydrogen (secondary N) is 3. The van der Waals surface area contributed by atoms with E-state index >= 15 is 0 Å². The lowest BCUT2D eigenvalue weighted by Gasteiger charge is -2.26. The van der Waals surface area contributed by atoms with Gasteiger partial charge in [0.15, 0.2) is 5.82 Å². The first-order valence-corrected chi connectivity index (χ1v) is 9.87. The molecule has 8 nitrogen and oxygen atoms in total. The Morgan fingerprint density at radius 3 is 2.96 bits per heavy atom. The average Bonchev–Trinajstić information content (AvgIpc) is 3.22. The molecule has 2 fully saturated rings. The zero-order valence-corrected chi connectivity index (χ0v) is 15.7. The number of fused-ring (bicyclic) bond motifs is 1. The fourth-order valence-electron chi connectivity index (χ4n) is 3.64. The Bertz CT molecular complexity index is 984. The molecule has 0 spiro atoms. The molecule has 0 bridgehead atoms. The Morgan fingerprint density at radius 2 is 2.14 bits per heavy atom. The molecule has 0 unspecified atom stereocenters. The van der Waals surface area contributed by atoms with E-state index in [4.69, 9.17) is 4.74 Å². The van der Waals surface area contributed by atoms with Gasteiger partial charge in [0, 0.05) is 26.1 Å². The number of hydrogen-bond donors (Lipinski definition) is 3. The molecule has 3 heterocycles. The van der Waals surface area contributed by atoms with Crippen LogP contribution in [0.25, 0.3) is 22.6 Å². The second kappa shape index (κ2) is 7.37. The topological polar surface area (TPSA) is 98.9 Å². The van der Waals surface area contributed by atoms with E-state index in [0.29, 0.717) is 29.5 Å². The minimum absolute atomic E-state index is 0.0362. The summed E-state index contributed by atoms with van der Waals surface area (Å²) in [5.74, 6) is 1.26. The first-order chi connectivity index (χ1) is 13.7. The highest BCUT2D eigenvalue weighted by Crippen LogP contribution is 2.33. The normalized spacial score (nSPS) is 17.9. The lowest BCUT2D eigenvalue weighted by Crippen LogP contribution is -2.35. The van der Waals surface area contributed by atoms with Crippen LogP contribution in [0.15, 0.2) is 24.4 Å². The smallest absolute Gasteiger partial charge is 0.224 e. The fourth-order valence-corrected chi connectivity index (χ4v) is 3.64. The van der Waals surface area contributed by atoms with Crippen LogP contribution in [-0.2, 0) is 16.1 Å². The number of aromatic amines is 2. The van der Waals surface area contributed by atoms with E-state index in [2.05, 4.69) is 42.5 Å². The molecule has 3 N–H and O–H groups in total. The molecule has 1 saturated heterocycles. The number of morpholine rings is 1. The van der Waals surface area contributed by atoms with E-state index in [0.717, 1.165) is 56.7 Å². The third-order valence-electron chi connectivity index (χ3n) is 5.38. The van der Waals surface area contributed by atoms with Crippen LogP contribution in [0.4, 0.5) is 5.69 Å². The van der Waals surface area contributed by atoms with Gasteiger partial charge in [-0.3, -0.25) is 14.8 Å². The highest BCUT2D eigenvalue weighted by molar-refractivity contribution is 5.94.